The van der Waals surface area contributed by atoms with Crippen LogP contribution in [0, 0.1) is 22.7 Å². The molecule has 0 aliphatic heterocycles. The summed E-state index contributed by atoms with van der Waals surface area (Å²) >= 11 is 1.71. The SMILES string of the molecule is C.C.CCn1c(-c2ccc(S(C)(=O)=O)cc2)c(C#N)c2ccc(OC)cc21.CCn1c(-c2ccc(SC)cc2)c(C#N)c2ccc(OC)cc21. The van der Waals surface area contributed by atoms with Crippen molar-refractivity contribution >= 4 is 43.4 Å². The molecule has 6 rings (SSSR count). The predicted octanol–water partition coefficient (Wildman–Crippen LogP) is 9.81. The van der Waals surface area contributed by atoms with Crippen LogP contribution < -0.4 is 9.47 Å². The highest BCUT2D eigenvalue weighted by Crippen LogP contribution is 2.37. The van der Waals surface area contributed by atoms with Crippen LogP contribution in [0.25, 0.3) is 44.3 Å². The van der Waals surface area contributed by atoms with E-state index in [9.17, 15) is 18.9 Å². The van der Waals surface area contributed by atoms with Gasteiger partial charge in [-0.05, 0) is 79.8 Å². The molecular formula is C40H44N4O4S2. The highest BCUT2D eigenvalue weighted by Gasteiger charge is 2.20. The van der Waals surface area contributed by atoms with Gasteiger partial charge >= 0.3 is 0 Å². The van der Waals surface area contributed by atoms with Crippen LogP contribution in [-0.4, -0.2) is 44.3 Å². The molecule has 0 fully saturated rings. The molecule has 0 unspecified atom stereocenters. The molecule has 4 aromatic carbocycles. The highest BCUT2D eigenvalue weighted by atomic mass is 32.2. The Morgan fingerprint density at radius 3 is 1.40 bits per heavy atom. The van der Waals surface area contributed by atoms with Crippen LogP contribution >= 0.6 is 11.8 Å². The number of nitriles is 2. The quantitative estimate of drug-likeness (QED) is 0.145. The van der Waals surface area contributed by atoms with Crippen LogP contribution in [0.15, 0.2) is 94.7 Å². The van der Waals surface area contributed by atoms with Crippen molar-refractivity contribution in [2.45, 2.75) is 51.6 Å². The van der Waals surface area contributed by atoms with Gasteiger partial charge in [0.1, 0.15) is 23.6 Å². The zero-order chi connectivity index (χ0) is 34.6. The van der Waals surface area contributed by atoms with E-state index >= 15 is 0 Å². The number of hydrogen-bond donors (Lipinski definition) is 0. The van der Waals surface area contributed by atoms with Crippen LogP contribution in [0.2, 0.25) is 0 Å². The fourth-order valence-electron chi connectivity index (χ4n) is 6.00. The molecule has 0 N–H and O–H groups in total. The minimum atomic E-state index is -3.26. The van der Waals surface area contributed by atoms with E-state index in [1.165, 1.54) is 11.2 Å². The molecule has 0 aliphatic carbocycles. The number of nitrogens with zero attached hydrogens (tertiary/aromatic N) is 4. The van der Waals surface area contributed by atoms with E-state index in [0.29, 0.717) is 12.1 Å². The van der Waals surface area contributed by atoms with Gasteiger partial charge in [-0.1, -0.05) is 39.1 Å². The van der Waals surface area contributed by atoms with Gasteiger partial charge in [0.25, 0.3) is 0 Å². The Bertz CT molecular complexity index is 2310. The third-order valence-corrected chi connectivity index (χ3v) is 10.2. The van der Waals surface area contributed by atoms with Crippen molar-refractivity contribution in [2.24, 2.45) is 0 Å². The van der Waals surface area contributed by atoms with E-state index in [1.54, 1.807) is 50.2 Å². The average molecular weight is 709 g/mol. The number of benzene rings is 4. The third kappa shape index (κ3) is 7.38. The van der Waals surface area contributed by atoms with Gasteiger partial charge < -0.3 is 18.6 Å². The Labute approximate surface area is 300 Å². The molecule has 2 heterocycles. The molecule has 10 heteroatoms. The van der Waals surface area contributed by atoms with E-state index in [0.717, 1.165) is 67.9 Å². The largest absolute Gasteiger partial charge is 0.497 e. The fraction of sp³-hybridized carbons (Fsp3) is 0.250. The lowest BCUT2D eigenvalue weighted by molar-refractivity contribution is 0.415. The van der Waals surface area contributed by atoms with Crippen LogP contribution in [0.3, 0.4) is 0 Å². The Hall–Kier alpha value is -5.16. The summed E-state index contributed by atoms with van der Waals surface area (Å²) < 4.78 is 38.2. The van der Waals surface area contributed by atoms with Gasteiger partial charge in [-0.3, -0.25) is 0 Å². The Morgan fingerprint density at radius 2 is 1.08 bits per heavy atom. The van der Waals surface area contributed by atoms with Crippen molar-refractivity contribution in [1.82, 2.24) is 9.13 Å². The first kappa shape index (κ1) is 39.3. The first-order valence-electron chi connectivity index (χ1n) is 15.3. The van der Waals surface area contributed by atoms with Gasteiger partial charge in [-0.25, -0.2) is 8.42 Å². The Morgan fingerprint density at radius 1 is 0.680 bits per heavy atom. The number of sulfone groups is 1. The van der Waals surface area contributed by atoms with E-state index in [4.69, 9.17) is 9.47 Å². The van der Waals surface area contributed by atoms with Gasteiger partial charge in [-0.2, -0.15) is 10.5 Å². The normalized spacial score (nSPS) is 10.6. The van der Waals surface area contributed by atoms with Crippen LogP contribution in [-0.2, 0) is 22.9 Å². The van der Waals surface area contributed by atoms with Crippen molar-refractivity contribution in [3.8, 4) is 46.2 Å². The number of rotatable bonds is 8. The second kappa shape index (κ2) is 16.5. The maximum absolute atomic E-state index is 11.7. The summed E-state index contributed by atoms with van der Waals surface area (Å²) in [5.41, 5.74) is 6.89. The fourth-order valence-corrected chi connectivity index (χ4v) is 7.04. The molecule has 0 bridgehead atoms. The molecule has 0 atom stereocenters. The van der Waals surface area contributed by atoms with Gasteiger partial charge in [0, 0.05) is 47.1 Å². The second-order valence-corrected chi connectivity index (χ2v) is 13.8. The summed E-state index contributed by atoms with van der Waals surface area (Å²) in [7, 11) is 0.0128. The molecule has 0 aliphatic rings. The second-order valence-electron chi connectivity index (χ2n) is 11.0. The molecule has 0 radical (unpaired) electrons. The number of fused-ring (bicyclic) bond motifs is 2. The number of aromatic nitrogens is 2. The van der Waals surface area contributed by atoms with Gasteiger partial charge in [0.2, 0.25) is 0 Å². The lowest BCUT2D eigenvalue weighted by Crippen LogP contribution is -1.99. The topological polar surface area (TPSA) is 110 Å². The molecule has 0 amide bonds. The van der Waals surface area contributed by atoms with Crippen LogP contribution in [0.1, 0.15) is 39.8 Å². The van der Waals surface area contributed by atoms with Crippen molar-refractivity contribution < 1.29 is 17.9 Å². The smallest absolute Gasteiger partial charge is 0.175 e. The average Bonchev–Trinajstić information content (AvgIpc) is 3.62. The zero-order valence-corrected chi connectivity index (χ0v) is 29.4. The van der Waals surface area contributed by atoms with Crippen LogP contribution in [0.5, 0.6) is 11.5 Å². The lowest BCUT2D eigenvalue weighted by atomic mass is 10.1. The highest BCUT2D eigenvalue weighted by molar-refractivity contribution is 7.98. The van der Waals surface area contributed by atoms with E-state index in [-0.39, 0.29) is 19.7 Å². The van der Waals surface area contributed by atoms with Crippen molar-refractivity contribution in [3.05, 3.63) is 96.1 Å². The first-order chi connectivity index (χ1) is 23.1. The molecule has 260 valence electrons. The minimum absolute atomic E-state index is 0. The summed E-state index contributed by atoms with van der Waals surface area (Å²) in [6.45, 7) is 5.58. The number of thioether (sulfide) groups is 1. The summed E-state index contributed by atoms with van der Waals surface area (Å²) in [6, 6.07) is 31.2. The number of aryl methyl sites for hydroxylation is 2. The number of ether oxygens (including phenoxy) is 2. The van der Waals surface area contributed by atoms with E-state index < -0.39 is 9.84 Å². The monoisotopic (exact) mass is 708 g/mol. The van der Waals surface area contributed by atoms with Crippen molar-refractivity contribution in [1.29, 1.82) is 10.5 Å². The molecule has 0 saturated carbocycles. The maximum atomic E-state index is 11.7. The minimum Gasteiger partial charge on any atom is -0.497 e. The standard InChI is InChI=1S/C19H18N2O3S.C19H18N2OS.2CH4/c1-4-21-18-11-14(24-2)7-10-16(18)17(12-20)19(21)13-5-8-15(9-6-13)25(3,22)23;1-4-21-18-11-14(22-2)7-10-16(18)17(12-20)19(21)13-5-8-15(23-3)9-6-13;;/h5-11H,4H2,1-3H3;5-11H,4H2,1-3H3;2*1H4. The zero-order valence-electron chi connectivity index (χ0n) is 27.7. The van der Waals surface area contributed by atoms with Crippen molar-refractivity contribution in [3.63, 3.8) is 0 Å². The number of methoxy groups -OCH3 is 2. The molecule has 8 nitrogen and oxygen atoms in total. The summed E-state index contributed by atoms with van der Waals surface area (Å²) in [5.74, 6) is 1.53. The lowest BCUT2D eigenvalue weighted by Gasteiger charge is -2.09. The Balaban J connectivity index is 0.000000261. The first-order valence-corrected chi connectivity index (χ1v) is 18.4. The molecule has 0 saturated heterocycles. The maximum Gasteiger partial charge on any atom is 0.175 e. The summed E-state index contributed by atoms with van der Waals surface area (Å²) in [4.78, 5) is 1.48. The van der Waals surface area contributed by atoms with E-state index in [2.05, 4.69) is 54.2 Å². The Kier molecular flexibility index (Phi) is 13.0. The molecule has 6 aromatic rings. The summed E-state index contributed by atoms with van der Waals surface area (Å²) in [6.07, 6.45) is 3.24. The van der Waals surface area contributed by atoms with Gasteiger partial charge in [0.05, 0.1) is 52.7 Å². The molecule has 50 heavy (non-hydrogen) atoms. The molecular weight excluding hydrogens is 665 g/mol. The van der Waals surface area contributed by atoms with Gasteiger partial charge in [-0.15, -0.1) is 11.8 Å². The molecule has 2 aromatic heterocycles. The molecule has 0 spiro atoms. The third-order valence-electron chi connectivity index (χ3n) is 8.32. The summed E-state index contributed by atoms with van der Waals surface area (Å²) in [5, 5.41) is 21.2. The van der Waals surface area contributed by atoms with Crippen LogP contribution in [0.4, 0.5) is 0 Å². The number of hydrogen-bond acceptors (Lipinski definition) is 7. The van der Waals surface area contributed by atoms with Crippen molar-refractivity contribution in [2.75, 3.05) is 26.7 Å². The predicted molar refractivity (Wildman–Crippen MR) is 207 cm³/mol. The van der Waals surface area contributed by atoms with Gasteiger partial charge in [0.15, 0.2) is 9.84 Å². The van der Waals surface area contributed by atoms with E-state index in [1.807, 2.05) is 47.9 Å².